The SMILES string of the molecule is CC(=O)N[C@@H]1[C@@H](OC(C)=O)[C@H](OC(C)=O)[C@@H](COC(C)=O)O[C@H]1S(=O)c1ccccc1. The summed E-state index contributed by atoms with van der Waals surface area (Å²) in [5.41, 5.74) is -1.19. The van der Waals surface area contributed by atoms with E-state index >= 15 is 0 Å². The van der Waals surface area contributed by atoms with Gasteiger partial charge in [0.2, 0.25) is 5.91 Å². The van der Waals surface area contributed by atoms with Gasteiger partial charge in [0.15, 0.2) is 17.6 Å². The number of carbonyl (C=O) groups is 4. The maximum atomic E-state index is 13.3. The summed E-state index contributed by atoms with van der Waals surface area (Å²) in [4.78, 5) is 47.2. The fraction of sp³-hybridized carbons (Fsp3) is 0.500. The van der Waals surface area contributed by atoms with Crippen LogP contribution in [0.15, 0.2) is 35.2 Å². The lowest BCUT2D eigenvalue weighted by molar-refractivity contribution is -0.212. The minimum Gasteiger partial charge on any atom is -0.463 e. The smallest absolute Gasteiger partial charge is 0.303 e. The molecule has 0 bridgehead atoms. The van der Waals surface area contributed by atoms with Gasteiger partial charge in [0.05, 0.1) is 10.8 Å². The normalized spacial score (nSPS) is 26.3. The summed E-state index contributed by atoms with van der Waals surface area (Å²) >= 11 is 0. The van der Waals surface area contributed by atoms with Gasteiger partial charge < -0.3 is 24.3 Å². The molecule has 0 aromatic heterocycles. The van der Waals surface area contributed by atoms with Crippen molar-refractivity contribution in [3.8, 4) is 0 Å². The van der Waals surface area contributed by atoms with E-state index < -0.39 is 64.4 Å². The third-order valence-corrected chi connectivity index (χ3v) is 5.82. The topological polar surface area (TPSA) is 134 Å². The van der Waals surface area contributed by atoms with E-state index in [0.29, 0.717) is 4.90 Å². The van der Waals surface area contributed by atoms with E-state index in [0.717, 1.165) is 13.8 Å². The van der Waals surface area contributed by atoms with Crippen LogP contribution in [-0.2, 0) is 48.9 Å². The molecule has 1 aliphatic rings. The van der Waals surface area contributed by atoms with E-state index in [1.807, 2.05) is 0 Å². The number of esters is 3. The van der Waals surface area contributed by atoms with Gasteiger partial charge in [0.25, 0.3) is 0 Å². The van der Waals surface area contributed by atoms with E-state index in [1.54, 1.807) is 30.3 Å². The van der Waals surface area contributed by atoms with E-state index in [1.165, 1.54) is 13.8 Å². The van der Waals surface area contributed by atoms with Gasteiger partial charge in [-0.15, -0.1) is 0 Å². The van der Waals surface area contributed by atoms with Gasteiger partial charge in [0, 0.05) is 32.6 Å². The van der Waals surface area contributed by atoms with Crippen molar-refractivity contribution < 1.29 is 42.3 Å². The largest absolute Gasteiger partial charge is 0.463 e. The molecule has 2 rings (SSSR count). The molecule has 10 nitrogen and oxygen atoms in total. The quantitative estimate of drug-likeness (QED) is 0.459. The van der Waals surface area contributed by atoms with Crippen LogP contribution in [0.25, 0.3) is 0 Å². The van der Waals surface area contributed by atoms with Crippen molar-refractivity contribution >= 4 is 34.6 Å². The Hall–Kier alpha value is -2.79. The summed E-state index contributed by atoms with van der Waals surface area (Å²) in [6.07, 6.45) is -3.56. The van der Waals surface area contributed by atoms with Gasteiger partial charge >= 0.3 is 17.9 Å². The molecule has 1 unspecified atom stereocenters. The minimum absolute atomic E-state index is 0.347. The number of rotatable bonds is 7. The van der Waals surface area contributed by atoms with Crippen molar-refractivity contribution in [2.24, 2.45) is 0 Å². The third-order valence-electron chi connectivity index (χ3n) is 4.26. The lowest BCUT2D eigenvalue weighted by atomic mass is 9.97. The Morgan fingerprint density at radius 3 is 2.03 bits per heavy atom. The van der Waals surface area contributed by atoms with Gasteiger partial charge in [-0.25, -0.2) is 0 Å². The molecular weight excluding hydrogens is 430 g/mol. The molecule has 11 heteroatoms. The Morgan fingerprint density at radius 1 is 0.935 bits per heavy atom. The highest BCUT2D eigenvalue weighted by Gasteiger charge is 2.52. The second-order valence-electron chi connectivity index (χ2n) is 6.83. The average molecular weight is 455 g/mol. The van der Waals surface area contributed by atoms with Gasteiger partial charge in [-0.05, 0) is 12.1 Å². The molecule has 1 aromatic rings. The molecule has 0 spiro atoms. The summed E-state index contributed by atoms with van der Waals surface area (Å²) in [5, 5.41) is 2.59. The summed E-state index contributed by atoms with van der Waals surface area (Å²) in [6.45, 7) is 4.37. The predicted octanol–water partition coefficient (Wildman–Crippen LogP) is 0.450. The van der Waals surface area contributed by atoms with Crippen LogP contribution in [0.4, 0.5) is 0 Å². The van der Waals surface area contributed by atoms with Crippen molar-refractivity contribution in [3.05, 3.63) is 30.3 Å². The number of ether oxygens (including phenoxy) is 4. The number of hydrogen-bond acceptors (Lipinski definition) is 9. The first-order valence-corrected chi connectivity index (χ1v) is 10.7. The van der Waals surface area contributed by atoms with Crippen LogP contribution in [0.1, 0.15) is 27.7 Å². The molecule has 1 heterocycles. The fourth-order valence-corrected chi connectivity index (χ4v) is 4.59. The van der Waals surface area contributed by atoms with Gasteiger partial charge in [0.1, 0.15) is 18.8 Å². The molecule has 170 valence electrons. The van der Waals surface area contributed by atoms with Gasteiger partial charge in [-0.2, -0.15) is 0 Å². The number of nitrogens with one attached hydrogen (secondary N) is 1. The molecule has 1 fully saturated rings. The molecule has 0 aliphatic carbocycles. The zero-order chi connectivity index (χ0) is 23.1. The van der Waals surface area contributed by atoms with Crippen LogP contribution in [0.5, 0.6) is 0 Å². The first-order chi connectivity index (χ1) is 14.6. The number of hydrogen-bond donors (Lipinski definition) is 1. The van der Waals surface area contributed by atoms with Crippen molar-refractivity contribution in [2.75, 3.05) is 6.61 Å². The summed E-state index contributed by atoms with van der Waals surface area (Å²) in [6, 6.07) is 7.24. The monoisotopic (exact) mass is 455 g/mol. The van der Waals surface area contributed by atoms with Crippen LogP contribution in [0, 0.1) is 0 Å². The van der Waals surface area contributed by atoms with Crippen molar-refractivity contribution in [3.63, 3.8) is 0 Å². The first-order valence-electron chi connectivity index (χ1n) is 9.46. The number of carbonyl (C=O) groups excluding carboxylic acids is 4. The fourth-order valence-electron chi connectivity index (χ4n) is 3.16. The predicted molar refractivity (Wildman–Crippen MR) is 107 cm³/mol. The molecular formula is C20H25NO9S. The Balaban J connectivity index is 2.51. The van der Waals surface area contributed by atoms with Crippen molar-refractivity contribution in [2.45, 2.75) is 62.4 Å². The number of benzene rings is 1. The van der Waals surface area contributed by atoms with Crippen LogP contribution >= 0.6 is 0 Å². The Kier molecular flexibility index (Phi) is 8.69. The van der Waals surface area contributed by atoms with Crippen LogP contribution in [-0.4, -0.2) is 64.4 Å². The lowest BCUT2D eigenvalue weighted by Crippen LogP contribution is -2.66. The molecule has 1 amide bonds. The summed E-state index contributed by atoms with van der Waals surface area (Å²) < 4.78 is 35.0. The molecule has 0 saturated carbocycles. The zero-order valence-corrected chi connectivity index (χ0v) is 18.4. The molecule has 1 aromatic carbocycles. The van der Waals surface area contributed by atoms with E-state index in [9.17, 15) is 23.4 Å². The zero-order valence-electron chi connectivity index (χ0n) is 17.6. The van der Waals surface area contributed by atoms with E-state index in [2.05, 4.69) is 5.32 Å². The molecule has 1 aliphatic heterocycles. The second kappa shape index (κ2) is 11.0. The van der Waals surface area contributed by atoms with Crippen LogP contribution in [0.3, 0.4) is 0 Å². The number of amides is 1. The van der Waals surface area contributed by atoms with Gasteiger partial charge in [-0.3, -0.25) is 23.4 Å². The van der Waals surface area contributed by atoms with E-state index in [4.69, 9.17) is 18.9 Å². The van der Waals surface area contributed by atoms with Crippen LogP contribution in [0.2, 0.25) is 0 Å². The Labute approximate surface area is 182 Å². The van der Waals surface area contributed by atoms with Gasteiger partial charge in [-0.1, -0.05) is 18.2 Å². The van der Waals surface area contributed by atoms with E-state index in [-0.39, 0.29) is 6.61 Å². The molecule has 1 saturated heterocycles. The summed E-state index contributed by atoms with van der Waals surface area (Å²) in [5.74, 6) is -2.53. The second-order valence-corrected chi connectivity index (χ2v) is 8.36. The molecule has 0 radical (unpaired) electrons. The average Bonchev–Trinajstić information content (AvgIpc) is 2.68. The highest BCUT2D eigenvalue weighted by molar-refractivity contribution is 7.85. The maximum Gasteiger partial charge on any atom is 0.303 e. The van der Waals surface area contributed by atoms with Crippen molar-refractivity contribution in [1.29, 1.82) is 0 Å². The molecule has 6 atom stereocenters. The molecule has 31 heavy (non-hydrogen) atoms. The standard InChI is InChI=1S/C20H25NO9S/c1-11(22)21-17-19(29-14(4)25)18(28-13(3)24)16(10-27-12(2)23)30-20(17)31(26)15-8-6-5-7-9-15/h5-9,16-20H,10H2,1-4H3,(H,21,22)/t16-,17-,18-,19-,20+,31?/m1/s1. The minimum atomic E-state index is -1.82. The van der Waals surface area contributed by atoms with Crippen molar-refractivity contribution in [1.82, 2.24) is 5.32 Å². The first kappa shape index (κ1) is 24.5. The lowest BCUT2D eigenvalue weighted by Gasteiger charge is -2.44. The third kappa shape index (κ3) is 6.86. The Bertz CT molecular complexity index is 844. The highest BCUT2D eigenvalue weighted by atomic mass is 32.2. The Morgan fingerprint density at radius 2 is 1.52 bits per heavy atom. The highest BCUT2D eigenvalue weighted by Crippen LogP contribution is 2.30. The van der Waals surface area contributed by atoms with Crippen LogP contribution < -0.4 is 5.32 Å². The molecule has 1 N–H and O–H groups in total. The maximum absolute atomic E-state index is 13.3. The summed E-state index contributed by atoms with van der Waals surface area (Å²) in [7, 11) is -1.82.